The van der Waals surface area contributed by atoms with Crippen molar-refractivity contribution in [3.63, 3.8) is 0 Å². The van der Waals surface area contributed by atoms with Gasteiger partial charge >= 0.3 is 5.91 Å². The number of halogens is 2. The highest BCUT2D eigenvalue weighted by Gasteiger charge is 1.98. The van der Waals surface area contributed by atoms with Crippen LogP contribution in [0.2, 0.25) is 0 Å². The molecule has 1 heterocycles. The van der Waals surface area contributed by atoms with Gasteiger partial charge in [0.05, 0.1) is 12.4 Å². The Morgan fingerprint density at radius 2 is 2.23 bits per heavy atom. The molecule has 0 spiro atoms. The number of rotatable bonds is 1. The fourth-order valence-corrected chi connectivity index (χ4v) is 0.952. The Hall–Kier alpha value is -0.930. The quantitative estimate of drug-likeness (QED) is 0.801. The van der Waals surface area contributed by atoms with Gasteiger partial charge in [-0.3, -0.25) is 10.1 Å². The van der Waals surface area contributed by atoms with Crippen LogP contribution in [0.4, 0.5) is 5.82 Å². The summed E-state index contributed by atoms with van der Waals surface area (Å²) < 4.78 is 0.608. The van der Waals surface area contributed by atoms with Crippen LogP contribution < -0.4 is 5.32 Å². The van der Waals surface area contributed by atoms with E-state index < -0.39 is 5.91 Å². The number of hydrogen-bond acceptors (Lipinski definition) is 3. The predicted octanol–water partition coefficient (Wildman–Crippen LogP) is 1.53. The van der Waals surface area contributed by atoms with Gasteiger partial charge in [-0.05, 0) is 20.8 Å². The first-order chi connectivity index (χ1) is 6.22. The molecule has 6 heteroatoms. The largest absolute Gasteiger partial charge is 0.302 e. The topological polar surface area (TPSA) is 54.9 Å². The summed E-state index contributed by atoms with van der Waals surface area (Å²) in [5, 5.41) is 2.43. The number of carbonyl (C=O) groups is 1. The molecular weight excluding hydrogens is 302 g/mol. The average molecular weight is 305 g/mol. The molecule has 0 aliphatic rings. The second kappa shape index (κ2) is 4.94. The summed E-state index contributed by atoms with van der Waals surface area (Å²) in [4.78, 5) is 20.9. The van der Waals surface area contributed by atoms with E-state index >= 15 is 0 Å². The maximum atomic E-state index is 10.9. The summed E-state index contributed by atoms with van der Waals surface area (Å²) in [5.41, 5.74) is 0. The van der Waals surface area contributed by atoms with Crippen molar-refractivity contribution in [1.29, 1.82) is 0 Å². The lowest BCUT2D eigenvalue weighted by Gasteiger charge is -1.97. The Morgan fingerprint density at radius 3 is 2.77 bits per heavy atom. The standard InChI is InChI=1S/C7H3Br2N3O/c8-2-1-7(13)12-6-4-10-5(9)3-11-6/h3-4H,(H,11,12,13). The molecule has 0 aliphatic heterocycles. The van der Waals surface area contributed by atoms with Crippen LogP contribution in [0.25, 0.3) is 0 Å². The molecule has 66 valence electrons. The average Bonchev–Trinajstić information content (AvgIpc) is 2.09. The number of amides is 1. The molecule has 1 rings (SSSR count). The lowest BCUT2D eigenvalue weighted by atomic mass is 10.6. The van der Waals surface area contributed by atoms with Gasteiger partial charge in [-0.2, -0.15) is 0 Å². The van der Waals surface area contributed by atoms with Crippen molar-refractivity contribution < 1.29 is 4.79 Å². The second-order valence-electron chi connectivity index (χ2n) is 1.90. The van der Waals surface area contributed by atoms with Gasteiger partial charge in [-0.25, -0.2) is 9.97 Å². The van der Waals surface area contributed by atoms with Crippen molar-refractivity contribution in [3.8, 4) is 10.8 Å². The van der Waals surface area contributed by atoms with E-state index in [2.05, 4.69) is 57.9 Å². The number of aromatic nitrogens is 2. The van der Waals surface area contributed by atoms with Crippen LogP contribution in [0.3, 0.4) is 0 Å². The highest BCUT2D eigenvalue weighted by molar-refractivity contribution is 9.12. The number of nitrogens with one attached hydrogen (secondary N) is 1. The lowest BCUT2D eigenvalue weighted by molar-refractivity contribution is -0.111. The van der Waals surface area contributed by atoms with Crippen LogP contribution in [0.15, 0.2) is 17.0 Å². The van der Waals surface area contributed by atoms with E-state index in [-0.39, 0.29) is 0 Å². The lowest BCUT2D eigenvalue weighted by Crippen LogP contribution is -2.09. The van der Waals surface area contributed by atoms with E-state index in [0.717, 1.165) is 0 Å². The Balaban J connectivity index is 2.68. The van der Waals surface area contributed by atoms with Crippen molar-refractivity contribution in [3.05, 3.63) is 17.0 Å². The van der Waals surface area contributed by atoms with Crippen LogP contribution in [0.1, 0.15) is 0 Å². The Kier molecular flexibility index (Phi) is 3.86. The number of nitrogens with zero attached hydrogens (tertiary/aromatic N) is 2. The maximum Gasteiger partial charge on any atom is 0.302 e. The molecule has 13 heavy (non-hydrogen) atoms. The van der Waals surface area contributed by atoms with E-state index in [1.54, 1.807) is 0 Å². The highest BCUT2D eigenvalue weighted by atomic mass is 79.9. The fraction of sp³-hybridized carbons (Fsp3) is 0. The normalized spacial score (nSPS) is 8.46. The summed E-state index contributed by atoms with van der Waals surface area (Å²) in [7, 11) is 0. The minimum Gasteiger partial charge on any atom is -0.298 e. The molecule has 1 N–H and O–H groups in total. The smallest absolute Gasteiger partial charge is 0.298 e. The molecule has 1 aromatic rings. The maximum absolute atomic E-state index is 10.9. The molecule has 0 fully saturated rings. The Bertz CT molecular complexity index is 366. The third-order valence-corrected chi connectivity index (χ3v) is 1.63. The summed E-state index contributed by atoms with van der Waals surface area (Å²) >= 11 is 5.93. The van der Waals surface area contributed by atoms with Gasteiger partial charge in [-0.1, -0.05) is 0 Å². The van der Waals surface area contributed by atoms with Gasteiger partial charge < -0.3 is 0 Å². The molecule has 0 aliphatic carbocycles. The van der Waals surface area contributed by atoms with Gasteiger partial charge in [0.25, 0.3) is 0 Å². The number of hydrogen-bond donors (Lipinski definition) is 1. The molecule has 0 radical (unpaired) electrons. The first-order valence-electron chi connectivity index (χ1n) is 3.12. The van der Waals surface area contributed by atoms with Crippen molar-refractivity contribution in [2.24, 2.45) is 0 Å². The van der Waals surface area contributed by atoms with E-state index in [0.29, 0.717) is 10.4 Å². The predicted molar refractivity (Wildman–Crippen MR) is 55.1 cm³/mol. The third-order valence-electron chi connectivity index (χ3n) is 1.02. The van der Waals surface area contributed by atoms with Gasteiger partial charge in [0.1, 0.15) is 4.60 Å². The molecule has 0 saturated heterocycles. The number of carbonyl (C=O) groups excluding carboxylic acids is 1. The Morgan fingerprint density at radius 1 is 1.46 bits per heavy atom. The first kappa shape index (κ1) is 10.2. The van der Waals surface area contributed by atoms with Crippen LogP contribution in [0, 0.1) is 10.8 Å². The van der Waals surface area contributed by atoms with Crippen molar-refractivity contribution >= 4 is 43.6 Å². The molecule has 0 aromatic carbocycles. The summed E-state index contributed by atoms with van der Waals surface area (Å²) in [5.74, 6) is 2.17. The highest BCUT2D eigenvalue weighted by Crippen LogP contribution is 2.05. The second-order valence-corrected chi connectivity index (χ2v) is 3.11. The van der Waals surface area contributed by atoms with E-state index in [4.69, 9.17) is 0 Å². The molecule has 4 nitrogen and oxygen atoms in total. The van der Waals surface area contributed by atoms with Gasteiger partial charge in [-0.15, -0.1) is 0 Å². The molecule has 1 amide bonds. The molecule has 1 aromatic heterocycles. The van der Waals surface area contributed by atoms with Gasteiger partial charge in [0.15, 0.2) is 5.82 Å². The van der Waals surface area contributed by atoms with Crippen LogP contribution in [0.5, 0.6) is 0 Å². The molecule has 0 saturated carbocycles. The van der Waals surface area contributed by atoms with Gasteiger partial charge in [0.2, 0.25) is 0 Å². The molecule has 0 unspecified atom stereocenters. The van der Waals surface area contributed by atoms with E-state index in [1.807, 2.05) is 0 Å². The van der Waals surface area contributed by atoms with Gasteiger partial charge in [0, 0.05) is 21.9 Å². The van der Waals surface area contributed by atoms with Crippen molar-refractivity contribution in [1.82, 2.24) is 9.97 Å². The molecule has 0 bridgehead atoms. The first-order valence-corrected chi connectivity index (χ1v) is 4.71. The summed E-state index contributed by atoms with van der Waals surface area (Å²) in [6.45, 7) is 0. The van der Waals surface area contributed by atoms with Crippen molar-refractivity contribution in [2.75, 3.05) is 5.32 Å². The zero-order chi connectivity index (χ0) is 9.68. The monoisotopic (exact) mass is 303 g/mol. The zero-order valence-electron chi connectivity index (χ0n) is 6.21. The number of anilines is 1. The van der Waals surface area contributed by atoms with Crippen LogP contribution in [-0.4, -0.2) is 15.9 Å². The van der Waals surface area contributed by atoms with E-state index in [1.165, 1.54) is 12.4 Å². The van der Waals surface area contributed by atoms with Crippen molar-refractivity contribution in [2.45, 2.75) is 0 Å². The molecule has 0 atom stereocenters. The SMILES string of the molecule is O=C(C#CBr)Nc1cnc(Br)cn1. The summed E-state index contributed by atoms with van der Waals surface area (Å²) in [6.07, 6.45) is 2.91. The third kappa shape index (κ3) is 3.53. The minimum atomic E-state index is -0.437. The molecular formula is C7H3Br2N3O. The van der Waals surface area contributed by atoms with Crippen LogP contribution >= 0.6 is 31.9 Å². The summed E-state index contributed by atoms with van der Waals surface area (Å²) in [6, 6.07) is 0. The zero-order valence-corrected chi connectivity index (χ0v) is 9.39. The fourth-order valence-electron chi connectivity index (χ4n) is 0.567. The Labute approximate surface area is 91.4 Å². The van der Waals surface area contributed by atoms with Crippen LogP contribution in [-0.2, 0) is 4.79 Å². The minimum absolute atomic E-state index is 0.364. The van der Waals surface area contributed by atoms with E-state index in [9.17, 15) is 4.79 Å².